The van der Waals surface area contributed by atoms with E-state index in [1.807, 2.05) is 0 Å². The molecule has 0 aromatic carbocycles. The molecule has 0 amide bonds. The fraction of sp³-hybridized carbons (Fsp3) is 1.00. The van der Waals surface area contributed by atoms with Crippen molar-refractivity contribution in [3.63, 3.8) is 0 Å². The van der Waals surface area contributed by atoms with Crippen molar-refractivity contribution in [2.75, 3.05) is 6.26 Å². The van der Waals surface area contributed by atoms with Gasteiger partial charge in [-0.2, -0.15) is 0 Å². The molecule has 84 valence electrons. The van der Waals surface area contributed by atoms with Crippen molar-refractivity contribution in [3.05, 3.63) is 0 Å². The minimum absolute atomic E-state index is 0.0901. The van der Waals surface area contributed by atoms with Gasteiger partial charge in [0.25, 0.3) is 0 Å². The van der Waals surface area contributed by atoms with Gasteiger partial charge in [0.1, 0.15) is 9.84 Å². The maximum absolute atomic E-state index is 11.3. The molecule has 0 bridgehead atoms. The zero-order valence-corrected chi connectivity index (χ0v) is 10.1. The van der Waals surface area contributed by atoms with Crippen molar-refractivity contribution >= 4 is 9.84 Å². The molecule has 4 heteroatoms. The monoisotopic (exact) mass is 219 g/mol. The fourth-order valence-electron chi connectivity index (χ4n) is 2.13. The molecule has 0 aromatic heterocycles. The average molecular weight is 219 g/mol. The molecular weight excluding hydrogens is 198 g/mol. The molecule has 0 saturated heterocycles. The summed E-state index contributed by atoms with van der Waals surface area (Å²) < 4.78 is 22.6. The van der Waals surface area contributed by atoms with Gasteiger partial charge in [0, 0.05) is 18.3 Å². The van der Waals surface area contributed by atoms with Gasteiger partial charge in [-0.15, -0.1) is 0 Å². The maximum Gasteiger partial charge on any atom is 0.150 e. The van der Waals surface area contributed by atoms with Crippen LogP contribution in [0.2, 0.25) is 0 Å². The summed E-state index contributed by atoms with van der Waals surface area (Å²) in [4.78, 5) is 0. The maximum atomic E-state index is 11.3. The van der Waals surface area contributed by atoms with Crippen molar-refractivity contribution in [2.24, 2.45) is 0 Å². The lowest BCUT2D eigenvalue weighted by Crippen LogP contribution is -2.40. The molecule has 0 spiro atoms. The van der Waals surface area contributed by atoms with Crippen LogP contribution in [0.25, 0.3) is 0 Å². The number of hydrogen-bond donors (Lipinski definition) is 1. The van der Waals surface area contributed by atoms with Crippen molar-refractivity contribution in [1.82, 2.24) is 5.32 Å². The Hall–Kier alpha value is -0.0900. The Morgan fingerprint density at radius 1 is 1.14 bits per heavy atom. The van der Waals surface area contributed by atoms with Gasteiger partial charge in [0.2, 0.25) is 0 Å². The SMILES string of the molecule is CC(C)NC1CCC(S(C)(=O)=O)CC1. The predicted octanol–water partition coefficient (Wildman–Crippen LogP) is 1.34. The number of sulfone groups is 1. The fourth-order valence-corrected chi connectivity index (χ4v) is 3.26. The van der Waals surface area contributed by atoms with Crippen LogP contribution in [0.5, 0.6) is 0 Å². The molecule has 1 rings (SSSR count). The first-order valence-corrected chi connectivity index (χ1v) is 7.30. The van der Waals surface area contributed by atoms with Crippen LogP contribution < -0.4 is 5.32 Å². The van der Waals surface area contributed by atoms with E-state index in [9.17, 15) is 8.42 Å². The highest BCUT2D eigenvalue weighted by atomic mass is 32.2. The van der Waals surface area contributed by atoms with Gasteiger partial charge in [0.05, 0.1) is 5.25 Å². The minimum atomic E-state index is -2.81. The summed E-state index contributed by atoms with van der Waals surface area (Å²) in [6.07, 6.45) is 4.99. The Balaban J connectivity index is 2.39. The van der Waals surface area contributed by atoms with Crippen molar-refractivity contribution in [1.29, 1.82) is 0 Å². The quantitative estimate of drug-likeness (QED) is 0.779. The molecule has 0 unspecified atom stereocenters. The van der Waals surface area contributed by atoms with Crippen LogP contribution in [-0.4, -0.2) is 32.0 Å². The van der Waals surface area contributed by atoms with Gasteiger partial charge in [-0.05, 0) is 25.7 Å². The minimum Gasteiger partial charge on any atom is -0.312 e. The largest absolute Gasteiger partial charge is 0.312 e. The number of hydrogen-bond acceptors (Lipinski definition) is 3. The number of rotatable bonds is 3. The lowest BCUT2D eigenvalue weighted by Gasteiger charge is -2.29. The first-order chi connectivity index (χ1) is 6.39. The zero-order chi connectivity index (χ0) is 10.8. The van der Waals surface area contributed by atoms with Crippen molar-refractivity contribution in [3.8, 4) is 0 Å². The highest BCUT2D eigenvalue weighted by Gasteiger charge is 2.27. The second-order valence-electron chi connectivity index (χ2n) is 4.62. The lowest BCUT2D eigenvalue weighted by atomic mass is 9.94. The second-order valence-corrected chi connectivity index (χ2v) is 6.95. The van der Waals surface area contributed by atoms with Gasteiger partial charge in [0.15, 0.2) is 0 Å². The summed E-state index contributed by atoms with van der Waals surface area (Å²) in [7, 11) is -2.81. The molecule has 3 nitrogen and oxygen atoms in total. The lowest BCUT2D eigenvalue weighted by molar-refractivity contribution is 0.351. The highest BCUT2D eigenvalue weighted by molar-refractivity contribution is 7.91. The Kier molecular flexibility index (Phi) is 3.95. The van der Waals surface area contributed by atoms with Gasteiger partial charge in [-0.25, -0.2) is 8.42 Å². The first kappa shape index (κ1) is 12.0. The molecule has 0 aliphatic heterocycles. The van der Waals surface area contributed by atoms with Crippen LogP contribution in [-0.2, 0) is 9.84 Å². The Bertz CT molecular complexity index is 264. The van der Waals surface area contributed by atoms with Crippen LogP contribution in [0.15, 0.2) is 0 Å². The van der Waals surface area contributed by atoms with E-state index in [1.54, 1.807) is 0 Å². The molecule has 1 saturated carbocycles. The van der Waals surface area contributed by atoms with E-state index < -0.39 is 9.84 Å². The van der Waals surface area contributed by atoms with Crippen LogP contribution in [0.1, 0.15) is 39.5 Å². The third kappa shape index (κ3) is 3.58. The second kappa shape index (κ2) is 4.62. The Labute approximate surface area is 87.2 Å². The molecule has 1 fully saturated rings. The summed E-state index contributed by atoms with van der Waals surface area (Å²) in [5.74, 6) is 0. The first-order valence-electron chi connectivity index (χ1n) is 5.34. The van der Waals surface area contributed by atoms with E-state index >= 15 is 0 Å². The van der Waals surface area contributed by atoms with E-state index in [-0.39, 0.29) is 5.25 Å². The van der Waals surface area contributed by atoms with E-state index in [0.29, 0.717) is 12.1 Å². The third-order valence-corrected chi connectivity index (χ3v) is 4.53. The summed E-state index contributed by atoms with van der Waals surface area (Å²) in [6, 6.07) is 1.02. The normalized spacial score (nSPS) is 29.4. The summed E-state index contributed by atoms with van der Waals surface area (Å²) in [5, 5.41) is 3.37. The van der Waals surface area contributed by atoms with Gasteiger partial charge >= 0.3 is 0 Å². The third-order valence-electron chi connectivity index (χ3n) is 2.85. The highest BCUT2D eigenvalue weighted by Crippen LogP contribution is 2.23. The molecule has 0 radical (unpaired) electrons. The van der Waals surface area contributed by atoms with Crippen LogP contribution >= 0.6 is 0 Å². The smallest absolute Gasteiger partial charge is 0.150 e. The summed E-state index contributed by atoms with van der Waals surface area (Å²) >= 11 is 0. The molecule has 0 aromatic rings. The van der Waals surface area contributed by atoms with Gasteiger partial charge in [-0.3, -0.25) is 0 Å². The molecule has 0 atom stereocenters. The summed E-state index contributed by atoms with van der Waals surface area (Å²) in [5.41, 5.74) is 0. The standard InChI is InChI=1S/C10H21NO2S/c1-8(2)11-9-4-6-10(7-5-9)14(3,12)13/h8-11H,4-7H2,1-3H3. The molecule has 14 heavy (non-hydrogen) atoms. The van der Waals surface area contributed by atoms with E-state index in [1.165, 1.54) is 6.26 Å². The van der Waals surface area contributed by atoms with E-state index in [2.05, 4.69) is 19.2 Å². The van der Waals surface area contributed by atoms with Gasteiger partial charge in [-0.1, -0.05) is 13.8 Å². The van der Waals surface area contributed by atoms with Crippen molar-refractivity contribution < 1.29 is 8.42 Å². The molecule has 1 aliphatic carbocycles. The zero-order valence-electron chi connectivity index (χ0n) is 9.29. The molecule has 0 heterocycles. The molecular formula is C10H21NO2S. The van der Waals surface area contributed by atoms with E-state index in [0.717, 1.165) is 25.7 Å². The Morgan fingerprint density at radius 3 is 2.00 bits per heavy atom. The van der Waals surface area contributed by atoms with Gasteiger partial charge < -0.3 is 5.32 Å². The van der Waals surface area contributed by atoms with Crippen molar-refractivity contribution in [2.45, 2.75) is 56.9 Å². The molecule has 1 N–H and O–H groups in total. The average Bonchev–Trinajstić information content (AvgIpc) is 2.02. The van der Waals surface area contributed by atoms with Crippen LogP contribution in [0, 0.1) is 0 Å². The topological polar surface area (TPSA) is 46.2 Å². The molecule has 1 aliphatic rings. The number of nitrogens with one attached hydrogen (secondary N) is 1. The van der Waals surface area contributed by atoms with Crippen LogP contribution in [0.3, 0.4) is 0 Å². The van der Waals surface area contributed by atoms with E-state index in [4.69, 9.17) is 0 Å². The predicted molar refractivity (Wildman–Crippen MR) is 59.2 cm³/mol. The summed E-state index contributed by atoms with van der Waals surface area (Å²) in [6.45, 7) is 4.26. The Morgan fingerprint density at radius 2 is 1.64 bits per heavy atom. The van der Waals surface area contributed by atoms with Crippen LogP contribution in [0.4, 0.5) is 0 Å².